The highest BCUT2D eigenvalue weighted by Gasteiger charge is 2.27. The van der Waals surface area contributed by atoms with Crippen LogP contribution >= 0.6 is 0 Å². The molecule has 0 radical (unpaired) electrons. The van der Waals surface area contributed by atoms with Gasteiger partial charge in [0.15, 0.2) is 0 Å². The van der Waals surface area contributed by atoms with E-state index in [9.17, 15) is 9.90 Å². The lowest BCUT2D eigenvalue weighted by Crippen LogP contribution is -2.24. The van der Waals surface area contributed by atoms with Crippen LogP contribution in [-0.4, -0.2) is 41.9 Å². The molecule has 110 valence electrons. The van der Waals surface area contributed by atoms with Crippen molar-refractivity contribution in [1.82, 2.24) is 4.98 Å². The van der Waals surface area contributed by atoms with Crippen molar-refractivity contribution in [3.63, 3.8) is 0 Å². The van der Waals surface area contributed by atoms with Gasteiger partial charge in [0.2, 0.25) is 0 Å². The van der Waals surface area contributed by atoms with E-state index in [4.69, 9.17) is 4.74 Å². The molecule has 0 unspecified atom stereocenters. The van der Waals surface area contributed by atoms with Crippen LogP contribution in [0, 0.1) is 0 Å². The fourth-order valence-corrected chi connectivity index (χ4v) is 2.77. The first-order valence-electron chi connectivity index (χ1n) is 7.18. The highest BCUT2D eigenvalue weighted by Crippen LogP contribution is 2.32. The molecule has 0 bridgehead atoms. The number of aliphatic hydroxyl groups excluding tert-OH is 1. The zero-order valence-corrected chi connectivity index (χ0v) is 12.0. The SMILES string of the molecule is CCOC(=O)c1cnc2ccccc2c1N1CC[C@@H](O)C1. The highest BCUT2D eigenvalue weighted by atomic mass is 16.5. The number of aliphatic hydroxyl groups is 1. The Balaban J connectivity index is 2.15. The lowest BCUT2D eigenvalue weighted by molar-refractivity contribution is 0.0526. The minimum atomic E-state index is -0.368. The molecule has 2 aromatic rings. The fourth-order valence-electron chi connectivity index (χ4n) is 2.77. The number of β-amino-alcohol motifs (C(OH)–C–C–N with tert-alkyl or cyclic N) is 1. The first-order chi connectivity index (χ1) is 10.2. The quantitative estimate of drug-likeness (QED) is 0.874. The molecule has 1 aliphatic heterocycles. The van der Waals surface area contributed by atoms with Gasteiger partial charge in [0.1, 0.15) is 5.56 Å². The number of para-hydroxylation sites is 1. The van der Waals surface area contributed by atoms with E-state index in [0.717, 1.165) is 23.1 Å². The van der Waals surface area contributed by atoms with Gasteiger partial charge in [0.25, 0.3) is 0 Å². The summed E-state index contributed by atoms with van der Waals surface area (Å²) in [7, 11) is 0. The van der Waals surface area contributed by atoms with Crippen LogP contribution in [0.3, 0.4) is 0 Å². The summed E-state index contributed by atoms with van der Waals surface area (Å²) in [6.45, 7) is 3.36. The summed E-state index contributed by atoms with van der Waals surface area (Å²) >= 11 is 0. The topological polar surface area (TPSA) is 62.7 Å². The van der Waals surface area contributed by atoms with Crippen molar-refractivity contribution in [2.24, 2.45) is 0 Å². The second-order valence-electron chi connectivity index (χ2n) is 5.15. The van der Waals surface area contributed by atoms with E-state index in [1.807, 2.05) is 29.2 Å². The Hall–Kier alpha value is -2.14. The summed E-state index contributed by atoms with van der Waals surface area (Å²) < 4.78 is 5.14. The number of aromatic nitrogens is 1. The second-order valence-corrected chi connectivity index (χ2v) is 5.15. The number of benzene rings is 1. The van der Waals surface area contributed by atoms with Crippen LogP contribution in [0.5, 0.6) is 0 Å². The van der Waals surface area contributed by atoms with E-state index in [2.05, 4.69) is 4.98 Å². The third-order valence-electron chi connectivity index (χ3n) is 3.72. The van der Waals surface area contributed by atoms with Crippen LogP contribution in [0.2, 0.25) is 0 Å². The summed E-state index contributed by atoms with van der Waals surface area (Å²) in [5.41, 5.74) is 2.11. The first kappa shape index (κ1) is 13.8. The molecule has 1 aromatic carbocycles. The van der Waals surface area contributed by atoms with Gasteiger partial charge >= 0.3 is 5.97 Å². The molecule has 3 rings (SSSR count). The number of hydrogen-bond donors (Lipinski definition) is 1. The summed E-state index contributed by atoms with van der Waals surface area (Å²) in [4.78, 5) is 18.6. The van der Waals surface area contributed by atoms with Gasteiger partial charge in [-0.15, -0.1) is 0 Å². The highest BCUT2D eigenvalue weighted by molar-refractivity contribution is 6.05. The molecular weight excluding hydrogens is 268 g/mol. The molecule has 2 heterocycles. The number of rotatable bonds is 3. The van der Waals surface area contributed by atoms with Crippen molar-refractivity contribution in [2.45, 2.75) is 19.4 Å². The maximum absolute atomic E-state index is 12.2. The fraction of sp³-hybridized carbons (Fsp3) is 0.375. The van der Waals surface area contributed by atoms with Crippen molar-refractivity contribution < 1.29 is 14.6 Å². The number of fused-ring (bicyclic) bond motifs is 1. The van der Waals surface area contributed by atoms with Gasteiger partial charge < -0.3 is 14.7 Å². The molecule has 1 atom stereocenters. The van der Waals surface area contributed by atoms with E-state index < -0.39 is 0 Å². The van der Waals surface area contributed by atoms with Gasteiger partial charge in [-0.3, -0.25) is 4.98 Å². The van der Waals surface area contributed by atoms with Gasteiger partial charge in [-0.1, -0.05) is 18.2 Å². The number of nitrogens with zero attached hydrogens (tertiary/aromatic N) is 2. The summed E-state index contributed by atoms with van der Waals surface area (Å²) in [6.07, 6.45) is 1.92. The van der Waals surface area contributed by atoms with Crippen molar-refractivity contribution in [3.8, 4) is 0 Å². The van der Waals surface area contributed by atoms with E-state index in [1.54, 1.807) is 13.1 Å². The third-order valence-corrected chi connectivity index (χ3v) is 3.72. The summed E-state index contributed by atoms with van der Waals surface area (Å²) in [6, 6.07) is 7.71. The molecule has 5 heteroatoms. The molecule has 1 saturated heterocycles. The van der Waals surface area contributed by atoms with E-state index in [0.29, 0.717) is 25.1 Å². The average molecular weight is 286 g/mol. The van der Waals surface area contributed by atoms with Crippen LogP contribution in [0.15, 0.2) is 30.5 Å². The number of esters is 1. The van der Waals surface area contributed by atoms with Crippen molar-refractivity contribution >= 4 is 22.6 Å². The lowest BCUT2D eigenvalue weighted by Gasteiger charge is -2.22. The van der Waals surface area contributed by atoms with Gasteiger partial charge in [-0.2, -0.15) is 0 Å². The number of anilines is 1. The Morgan fingerprint density at radius 1 is 1.48 bits per heavy atom. The lowest BCUT2D eigenvalue weighted by atomic mass is 10.1. The number of pyridine rings is 1. The molecule has 0 spiro atoms. The van der Waals surface area contributed by atoms with Gasteiger partial charge in [-0.05, 0) is 19.4 Å². The third kappa shape index (κ3) is 2.56. The minimum Gasteiger partial charge on any atom is -0.462 e. The maximum atomic E-state index is 12.2. The van der Waals surface area contributed by atoms with E-state index in [-0.39, 0.29) is 12.1 Å². The number of carbonyl (C=O) groups is 1. The van der Waals surface area contributed by atoms with Gasteiger partial charge in [0.05, 0.1) is 23.9 Å². The molecule has 0 aliphatic carbocycles. The largest absolute Gasteiger partial charge is 0.462 e. The standard InChI is InChI=1S/C16H18N2O3/c1-2-21-16(20)13-9-17-14-6-4-3-5-12(14)15(13)18-8-7-11(19)10-18/h3-6,9,11,19H,2,7-8,10H2,1H3/t11-/m1/s1. The monoisotopic (exact) mass is 286 g/mol. The molecule has 1 fully saturated rings. The van der Waals surface area contributed by atoms with Crippen LogP contribution in [0.1, 0.15) is 23.7 Å². The van der Waals surface area contributed by atoms with Crippen LogP contribution in [-0.2, 0) is 4.74 Å². The van der Waals surface area contributed by atoms with Crippen LogP contribution in [0.4, 0.5) is 5.69 Å². The second kappa shape index (κ2) is 5.69. The number of carbonyl (C=O) groups excluding carboxylic acids is 1. The molecule has 1 N–H and O–H groups in total. The Labute approximate surface area is 123 Å². The zero-order chi connectivity index (χ0) is 14.8. The van der Waals surface area contributed by atoms with Crippen molar-refractivity contribution in [3.05, 3.63) is 36.0 Å². The number of hydrogen-bond acceptors (Lipinski definition) is 5. The molecule has 5 nitrogen and oxygen atoms in total. The number of ether oxygens (including phenoxy) is 1. The zero-order valence-electron chi connectivity index (χ0n) is 12.0. The predicted molar refractivity (Wildman–Crippen MR) is 80.5 cm³/mol. The molecule has 21 heavy (non-hydrogen) atoms. The smallest absolute Gasteiger partial charge is 0.341 e. The Bertz CT molecular complexity index is 672. The van der Waals surface area contributed by atoms with Crippen LogP contribution < -0.4 is 4.90 Å². The van der Waals surface area contributed by atoms with Crippen molar-refractivity contribution in [1.29, 1.82) is 0 Å². The Morgan fingerprint density at radius 2 is 2.29 bits per heavy atom. The first-order valence-corrected chi connectivity index (χ1v) is 7.18. The van der Waals surface area contributed by atoms with Crippen LogP contribution in [0.25, 0.3) is 10.9 Å². The molecular formula is C16H18N2O3. The van der Waals surface area contributed by atoms with Crippen molar-refractivity contribution in [2.75, 3.05) is 24.6 Å². The maximum Gasteiger partial charge on any atom is 0.341 e. The molecule has 1 aromatic heterocycles. The van der Waals surface area contributed by atoms with Gasteiger partial charge in [-0.25, -0.2) is 4.79 Å². The normalized spacial score (nSPS) is 18.2. The van der Waals surface area contributed by atoms with E-state index >= 15 is 0 Å². The molecule has 0 saturated carbocycles. The molecule has 0 amide bonds. The molecule has 1 aliphatic rings. The minimum absolute atomic E-state index is 0.327. The summed E-state index contributed by atoms with van der Waals surface area (Å²) in [5, 5.41) is 10.7. The Kier molecular flexibility index (Phi) is 3.75. The van der Waals surface area contributed by atoms with E-state index in [1.165, 1.54) is 0 Å². The average Bonchev–Trinajstić information content (AvgIpc) is 2.92. The Morgan fingerprint density at radius 3 is 3.00 bits per heavy atom. The predicted octanol–water partition coefficient (Wildman–Crippen LogP) is 1.98. The van der Waals surface area contributed by atoms with Gasteiger partial charge in [0, 0.05) is 24.7 Å². The summed E-state index contributed by atoms with van der Waals surface area (Å²) in [5.74, 6) is -0.368.